The molecule has 0 aromatic heterocycles. The molecule has 0 aliphatic carbocycles. The minimum atomic E-state index is -4.99. The van der Waals surface area contributed by atoms with E-state index in [1.54, 1.807) is 18.2 Å². The number of carboxylic acids is 1. The number of anilines is 1. The highest BCUT2D eigenvalue weighted by Gasteiger charge is 2.38. The molecule has 1 atom stereocenters. The number of nitrogens with two attached hydrogens (primary N) is 1. The van der Waals surface area contributed by atoms with Crippen molar-refractivity contribution in [2.45, 2.75) is 44.6 Å². The Bertz CT molecular complexity index is 1300. The molecule has 0 unspecified atom stereocenters. The Morgan fingerprint density at radius 1 is 0.976 bits per heavy atom. The monoisotopic (exact) mass is 569 g/mol. The van der Waals surface area contributed by atoms with E-state index in [4.69, 9.17) is 10.5 Å². The number of halogens is 3. The molecule has 0 saturated carbocycles. The summed E-state index contributed by atoms with van der Waals surface area (Å²) in [5, 5.41) is 11.9. The summed E-state index contributed by atoms with van der Waals surface area (Å²) in [6.45, 7) is 1.45. The quantitative estimate of drug-likeness (QED) is 0.198. The Kier molecular flexibility index (Phi) is 11.9. The van der Waals surface area contributed by atoms with Crippen LogP contribution in [0.1, 0.15) is 36.0 Å². The van der Waals surface area contributed by atoms with Crippen LogP contribution in [-0.2, 0) is 22.7 Å². The van der Waals surface area contributed by atoms with Crippen LogP contribution >= 0.6 is 0 Å². The average molecular weight is 570 g/mol. The summed E-state index contributed by atoms with van der Waals surface area (Å²) in [4.78, 5) is 25.4. The van der Waals surface area contributed by atoms with Gasteiger partial charge in [0.1, 0.15) is 18.4 Å². The summed E-state index contributed by atoms with van der Waals surface area (Å²) in [6, 6.07) is 22.4. The molecule has 3 aromatic rings. The molecule has 3 aromatic carbocycles. The summed E-state index contributed by atoms with van der Waals surface area (Å²) in [7, 11) is 0. The van der Waals surface area contributed by atoms with Crippen molar-refractivity contribution in [1.29, 1.82) is 0 Å². The highest BCUT2D eigenvalue weighted by Crippen LogP contribution is 2.21. The molecule has 0 fully saturated rings. The number of amides is 1. The number of carbonyl (C=O) groups is 2. The van der Waals surface area contributed by atoms with Crippen LogP contribution in [0, 0.1) is 0 Å². The first-order valence-corrected chi connectivity index (χ1v) is 13.2. The number of unbranched alkanes of at least 4 members (excludes halogenated alkanes) is 1. The van der Waals surface area contributed by atoms with Gasteiger partial charge in [0.2, 0.25) is 0 Å². The number of aliphatic carboxylic acids is 1. The second-order valence-electron chi connectivity index (χ2n) is 9.47. The van der Waals surface area contributed by atoms with Gasteiger partial charge in [-0.05, 0) is 60.3 Å². The number of rotatable bonds is 15. The first kappa shape index (κ1) is 31.4. The van der Waals surface area contributed by atoms with Crippen LogP contribution < -0.4 is 15.8 Å². The molecular formula is C31H34F3N3O4. The van der Waals surface area contributed by atoms with Gasteiger partial charge in [0, 0.05) is 18.8 Å². The number of ether oxygens (including phenoxy) is 1. The number of nitrogens with one attached hydrogen (secondary N) is 1. The van der Waals surface area contributed by atoms with Gasteiger partial charge in [-0.1, -0.05) is 73.2 Å². The van der Waals surface area contributed by atoms with Gasteiger partial charge in [0.15, 0.2) is 0 Å². The SMILES string of the molecule is NCCCC[C@@H](C(=O)O)N(C/C=C/c1cccc(NC(=O)C(F)(F)F)c1)Cc1cccc(OCc2ccccc2)c1. The zero-order chi connectivity index (χ0) is 29.7. The molecule has 41 heavy (non-hydrogen) atoms. The highest BCUT2D eigenvalue weighted by atomic mass is 19.4. The minimum Gasteiger partial charge on any atom is -0.489 e. The maximum Gasteiger partial charge on any atom is 0.471 e. The lowest BCUT2D eigenvalue weighted by Crippen LogP contribution is -2.41. The van der Waals surface area contributed by atoms with Gasteiger partial charge in [-0.3, -0.25) is 14.5 Å². The predicted octanol–water partition coefficient (Wildman–Crippen LogP) is 5.86. The van der Waals surface area contributed by atoms with Crippen molar-refractivity contribution in [1.82, 2.24) is 4.90 Å². The fourth-order valence-electron chi connectivity index (χ4n) is 4.20. The Morgan fingerprint density at radius 2 is 1.71 bits per heavy atom. The van der Waals surface area contributed by atoms with Crippen molar-refractivity contribution in [3.63, 3.8) is 0 Å². The Morgan fingerprint density at radius 3 is 2.41 bits per heavy atom. The van der Waals surface area contributed by atoms with E-state index in [1.165, 1.54) is 18.2 Å². The molecule has 0 spiro atoms. The normalized spacial score (nSPS) is 12.4. The minimum absolute atomic E-state index is 0.00356. The van der Waals surface area contributed by atoms with Crippen molar-refractivity contribution in [2.75, 3.05) is 18.4 Å². The van der Waals surface area contributed by atoms with Gasteiger partial charge < -0.3 is 20.9 Å². The molecule has 3 rings (SSSR count). The zero-order valence-corrected chi connectivity index (χ0v) is 22.5. The lowest BCUT2D eigenvalue weighted by molar-refractivity contribution is -0.167. The van der Waals surface area contributed by atoms with Crippen LogP contribution in [0.3, 0.4) is 0 Å². The molecular weight excluding hydrogens is 535 g/mol. The highest BCUT2D eigenvalue weighted by molar-refractivity contribution is 5.95. The van der Waals surface area contributed by atoms with E-state index < -0.39 is 24.1 Å². The number of hydrogen-bond donors (Lipinski definition) is 3. The van der Waals surface area contributed by atoms with Crippen LogP contribution in [0.2, 0.25) is 0 Å². The Hall–Kier alpha value is -4.15. The van der Waals surface area contributed by atoms with Gasteiger partial charge in [0.05, 0.1) is 0 Å². The van der Waals surface area contributed by atoms with E-state index in [1.807, 2.05) is 64.8 Å². The van der Waals surface area contributed by atoms with E-state index in [9.17, 15) is 27.9 Å². The number of carbonyl (C=O) groups excluding carboxylic acids is 1. The molecule has 218 valence electrons. The largest absolute Gasteiger partial charge is 0.489 e. The van der Waals surface area contributed by atoms with Crippen LogP contribution in [0.15, 0.2) is 84.9 Å². The summed E-state index contributed by atoms with van der Waals surface area (Å²) in [6.07, 6.45) is 0.185. The molecule has 0 bridgehead atoms. The third-order valence-electron chi connectivity index (χ3n) is 6.24. The molecule has 4 N–H and O–H groups in total. The number of carboxylic acid groups (broad SMARTS) is 1. The standard InChI is InChI=1S/C31H34F3N3O4/c32-31(33,34)30(40)36-26-14-6-11-23(19-26)13-8-18-37(28(29(38)39)16-4-5-17-35)21-25-12-7-15-27(20-25)41-22-24-9-2-1-3-10-24/h1-3,6-15,19-20,28H,4-5,16-18,21-22,35H2,(H,36,40)(H,38,39)/b13-8+/t28-/m0/s1. The third-order valence-corrected chi connectivity index (χ3v) is 6.24. The number of hydrogen-bond acceptors (Lipinski definition) is 5. The molecule has 0 radical (unpaired) electrons. The predicted molar refractivity (Wildman–Crippen MR) is 152 cm³/mol. The third kappa shape index (κ3) is 10.7. The van der Waals surface area contributed by atoms with E-state index in [0.29, 0.717) is 50.3 Å². The number of alkyl halides is 3. The second kappa shape index (κ2) is 15.6. The van der Waals surface area contributed by atoms with Gasteiger partial charge in [0.25, 0.3) is 0 Å². The molecule has 1 amide bonds. The smallest absolute Gasteiger partial charge is 0.471 e. The van der Waals surface area contributed by atoms with E-state index in [0.717, 1.165) is 11.1 Å². The van der Waals surface area contributed by atoms with Gasteiger partial charge in [-0.15, -0.1) is 0 Å². The average Bonchev–Trinajstić information content (AvgIpc) is 2.94. The van der Waals surface area contributed by atoms with Crippen LogP contribution in [0.25, 0.3) is 6.08 Å². The summed E-state index contributed by atoms with van der Waals surface area (Å²) >= 11 is 0. The van der Waals surface area contributed by atoms with E-state index in [-0.39, 0.29) is 12.2 Å². The first-order chi connectivity index (χ1) is 19.7. The van der Waals surface area contributed by atoms with Gasteiger partial charge in [-0.2, -0.15) is 13.2 Å². The Balaban J connectivity index is 1.75. The summed E-state index contributed by atoms with van der Waals surface area (Å²) in [5.41, 5.74) is 8.06. The van der Waals surface area contributed by atoms with Gasteiger partial charge >= 0.3 is 18.1 Å². The van der Waals surface area contributed by atoms with Crippen molar-refractivity contribution in [3.8, 4) is 5.75 Å². The molecule has 0 heterocycles. The first-order valence-electron chi connectivity index (χ1n) is 13.2. The lowest BCUT2D eigenvalue weighted by atomic mass is 10.1. The topological polar surface area (TPSA) is 105 Å². The van der Waals surface area contributed by atoms with E-state index in [2.05, 4.69) is 0 Å². The fourth-order valence-corrected chi connectivity index (χ4v) is 4.20. The molecule has 0 aliphatic heterocycles. The van der Waals surface area contributed by atoms with Crippen LogP contribution in [-0.4, -0.2) is 47.2 Å². The molecule has 10 heteroatoms. The van der Waals surface area contributed by atoms with E-state index >= 15 is 0 Å². The maximum absolute atomic E-state index is 12.6. The second-order valence-corrected chi connectivity index (χ2v) is 9.47. The number of nitrogens with zero attached hydrogens (tertiary/aromatic N) is 1. The van der Waals surface area contributed by atoms with Crippen molar-refractivity contribution in [2.24, 2.45) is 5.73 Å². The lowest BCUT2D eigenvalue weighted by Gasteiger charge is -2.28. The van der Waals surface area contributed by atoms with Crippen molar-refractivity contribution < 1.29 is 32.6 Å². The van der Waals surface area contributed by atoms with Crippen molar-refractivity contribution >= 4 is 23.6 Å². The summed E-state index contributed by atoms with van der Waals surface area (Å²) in [5.74, 6) is -2.35. The van der Waals surface area contributed by atoms with Crippen LogP contribution in [0.5, 0.6) is 5.75 Å². The van der Waals surface area contributed by atoms with Crippen molar-refractivity contribution in [3.05, 3.63) is 102 Å². The molecule has 0 saturated heterocycles. The van der Waals surface area contributed by atoms with Crippen LogP contribution in [0.4, 0.5) is 18.9 Å². The molecule has 0 aliphatic rings. The molecule has 7 nitrogen and oxygen atoms in total. The summed E-state index contributed by atoms with van der Waals surface area (Å²) < 4.78 is 43.8. The maximum atomic E-state index is 12.6. The zero-order valence-electron chi connectivity index (χ0n) is 22.5. The number of benzene rings is 3. The van der Waals surface area contributed by atoms with Gasteiger partial charge in [-0.25, -0.2) is 0 Å². The Labute approximate surface area is 237 Å². The fraction of sp³-hybridized carbons (Fsp3) is 0.290.